The predicted octanol–water partition coefficient (Wildman–Crippen LogP) is 3.98. The number of hydrogen-bond donors (Lipinski definition) is 2. The van der Waals surface area contributed by atoms with E-state index in [1.54, 1.807) is 13.4 Å². The minimum absolute atomic E-state index is 0. The van der Waals surface area contributed by atoms with Gasteiger partial charge in [-0.25, -0.2) is 0 Å². The van der Waals surface area contributed by atoms with Crippen LogP contribution in [0, 0.1) is 0 Å². The predicted molar refractivity (Wildman–Crippen MR) is 128 cm³/mol. The summed E-state index contributed by atoms with van der Waals surface area (Å²) >= 11 is 0. The summed E-state index contributed by atoms with van der Waals surface area (Å²) in [5, 5.41) is 6.77. The van der Waals surface area contributed by atoms with Crippen LogP contribution in [-0.2, 0) is 4.74 Å². The molecule has 1 aliphatic rings. The second kappa shape index (κ2) is 12.9. The molecule has 0 radical (unpaired) electrons. The third-order valence-corrected chi connectivity index (χ3v) is 5.13. The molecule has 2 N–H and O–H groups in total. The number of nitrogens with one attached hydrogen (secondary N) is 2. The molecule has 7 heteroatoms. The standard InChI is InChI=1S/C22H32N4O2.HI/c1-3-23-22(25-17-21(27-2)18-10-5-4-6-11-18)24-16-19(20-12-9-15-28-20)26-13-7-8-14-26;/h4-6,9-12,15,19,21H,3,7-8,13-14,16-17H2,1-2H3,(H2,23,24,25);1H. The first kappa shape index (κ1) is 23.7. The van der Waals surface area contributed by atoms with E-state index < -0.39 is 0 Å². The lowest BCUT2D eigenvalue weighted by Gasteiger charge is -2.25. The van der Waals surface area contributed by atoms with Crippen molar-refractivity contribution in [3.8, 4) is 0 Å². The van der Waals surface area contributed by atoms with Crippen LogP contribution in [0.3, 0.4) is 0 Å². The maximum absolute atomic E-state index is 5.70. The molecule has 2 aromatic rings. The molecule has 6 nitrogen and oxygen atoms in total. The normalized spacial score (nSPS) is 16.8. The summed E-state index contributed by atoms with van der Waals surface area (Å²) < 4.78 is 11.4. The van der Waals surface area contributed by atoms with Gasteiger partial charge < -0.3 is 19.8 Å². The van der Waals surface area contributed by atoms with Gasteiger partial charge in [-0.15, -0.1) is 24.0 Å². The lowest BCUT2D eigenvalue weighted by atomic mass is 10.1. The molecule has 0 amide bonds. The van der Waals surface area contributed by atoms with Crippen LogP contribution in [0.2, 0.25) is 0 Å². The quantitative estimate of drug-likeness (QED) is 0.303. The van der Waals surface area contributed by atoms with Crippen molar-refractivity contribution in [2.45, 2.75) is 31.9 Å². The van der Waals surface area contributed by atoms with E-state index in [1.165, 1.54) is 12.8 Å². The van der Waals surface area contributed by atoms with Gasteiger partial charge in [0.2, 0.25) is 0 Å². The van der Waals surface area contributed by atoms with Gasteiger partial charge in [-0.2, -0.15) is 0 Å². The number of hydrogen-bond acceptors (Lipinski definition) is 4. The van der Waals surface area contributed by atoms with E-state index in [0.717, 1.165) is 36.9 Å². The van der Waals surface area contributed by atoms with Gasteiger partial charge in [-0.3, -0.25) is 9.89 Å². The summed E-state index contributed by atoms with van der Waals surface area (Å²) in [5.74, 6) is 1.79. The maximum atomic E-state index is 5.70. The Labute approximate surface area is 191 Å². The molecular weight excluding hydrogens is 479 g/mol. The smallest absolute Gasteiger partial charge is 0.191 e. The van der Waals surface area contributed by atoms with Crippen molar-refractivity contribution in [2.75, 3.05) is 39.8 Å². The van der Waals surface area contributed by atoms with Gasteiger partial charge in [-0.05, 0) is 50.6 Å². The van der Waals surface area contributed by atoms with Crippen molar-refractivity contribution in [1.29, 1.82) is 0 Å². The van der Waals surface area contributed by atoms with Gasteiger partial charge in [0, 0.05) is 20.2 Å². The summed E-state index contributed by atoms with van der Waals surface area (Å²) in [6, 6.07) is 14.4. The molecule has 2 atom stereocenters. The molecule has 0 saturated carbocycles. The number of rotatable bonds is 9. The lowest BCUT2D eigenvalue weighted by molar-refractivity contribution is 0.106. The first-order valence-corrected chi connectivity index (χ1v) is 10.2. The molecule has 2 heterocycles. The van der Waals surface area contributed by atoms with E-state index in [2.05, 4.69) is 40.7 Å². The molecule has 0 bridgehead atoms. The van der Waals surface area contributed by atoms with Crippen molar-refractivity contribution in [1.82, 2.24) is 15.5 Å². The number of methoxy groups -OCH3 is 1. The van der Waals surface area contributed by atoms with Crippen molar-refractivity contribution in [2.24, 2.45) is 4.99 Å². The van der Waals surface area contributed by atoms with Crippen LogP contribution in [0.4, 0.5) is 0 Å². The Balaban J connectivity index is 0.00000300. The molecule has 2 unspecified atom stereocenters. The van der Waals surface area contributed by atoms with Gasteiger partial charge in [0.1, 0.15) is 5.76 Å². The zero-order valence-electron chi connectivity index (χ0n) is 17.3. The van der Waals surface area contributed by atoms with Crippen LogP contribution in [0.5, 0.6) is 0 Å². The Hall–Kier alpha value is -1.58. The molecule has 0 spiro atoms. The van der Waals surface area contributed by atoms with Crippen molar-refractivity contribution in [3.05, 3.63) is 60.1 Å². The largest absolute Gasteiger partial charge is 0.468 e. The van der Waals surface area contributed by atoms with E-state index in [0.29, 0.717) is 13.1 Å². The Morgan fingerprint density at radius 1 is 1.14 bits per heavy atom. The molecule has 1 aromatic carbocycles. The molecule has 1 saturated heterocycles. The van der Waals surface area contributed by atoms with Crippen LogP contribution >= 0.6 is 24.0 Å². The van der Waals surface area contributed by atoms with E-state index in [4.69, 9.17) is 14.1 Å². The minimum Gasteiger partial charge on any atom is -0.468 e. The third kappa shape index (κ3) is 7.01. The number of furan rings is 1. The highest BCUT2D eigenvalue weighted by molar-refractivity contribution is 14.0. The Morgan fingerprint density at radius 2 is 1.90 bits per heavy atom. The van der Waals surface area contributed by atoms with E-state index in [1.807, 2.05) is 24.3 Å². The highest BCUT2D eigenvalue weighted by Gasteiger charge is 2.25. The second-order valence-electron chi connectivity index (χ2n) is 7.01. The molecule has 0 aliphatic carbocycles. The summed E-state index contributed by atoms with van der Waals surface area (Å²) in [5.41, 5.74) is 1.15. The first-order chi connectivity index (χ1) is 13.8. The molecule has 1 aromatic heterocycles. The molecule has 3 rings (SSSR count). The maximum Gasteiger partial charge on any atom is 0.191 e. The zero-order valence-corrected chi connectivity index (χ0v) is 19.7. The fourth-order valence-corrected chi connectivity index (χ4v) is 3.63. The number of likely N-dealkylation sites (tertiary alicyclic amines) is 1. The van der Waals surface area contributed by atoms with Gasteiger partial charge in [0.25, 0.3) is 0 Å². The Kier molecular flexibility index (Phi) is 10.5. The van der Waals surface area contributed by atoms with Crippen LogP contribution < -0.4 is 10.6 Å². The number of halogens is 1. The second-order valence-corrected chi connectivity index (χ2v) is 7.01. The monoisotopic (exact) mass is 512 g/mol. The number of aliphatic imine (C=N–C) groups is 1. The summed E-state index contributed by atoms with van der Waals surface area (Å²) in [6.45, 7) is 6.40. The zero-order chi connectivity index (χ0) is 19.6. The number of benzene rings is 1. The van der Waals surface area contributed by atoms with Gasteiger partial charge >= 0.3 is 0 Å². The molecule has 29 heavy (non-hydrogen) atoms. The lowest BCUT2D eigenvalue weighted by Crippen LogP contribution is -2.40. The van der Waals surface area contributed by atoms with Crippen LogP contribution in [0.25, 0.3) is 0 Å². The van der Waals surface area contributed by atoms with E-state index >= 15 is 0 Å². The molecular formula is C22H33IN4O2. The average molecular weight is 512 g/mol. The Morgan fingerprint density at radius 3 is 2.52 bits per heavy atom. The van der Waals surface area contributed by atoms with Crippen molar-refractivity contribution in [3.63, 3.8) is 0 Å². The van der Waals surface area contributed by atoms with E-state index in [9.17, 15) is 0 Å². The van der Waals surface area contributed by atoms with Crippen LogP contribution in [0.1, 0.15) is 43.2 Å². The average Bonchev–Trinajstić information content (AvgIpc) is 3.44. The van der Waals surface area contributed by atoms with Gasteiger partial charge in [-0.1, -0.05) is 30.3 Å². The van der Waals surface area contributed by atoms with Crippen LogP contribution in [-0.4, -0.2) is 50.7 Å². The molecule has 160 valence electrons. The first-order valence-electron chi connectivity index (χ1n) is 10.2. The summed E-state index contributed by atoms with van der Waals surface area (Å²) in [4.78, 5) is 7.32. The minimum atomic E-state index is -0.0236. The van der Waals surface area contributed by atoms with E-state index in [-0.39, 0.29) is 36.1 Å². The SMILES string of the molecule is CCNC(=NCC(c1ccco1)N1CCCC1)NCC(OC)c1ccccc1.I. The summed E-state index contributed by atoms with van der Waals surface area (Å²) in [6.07, 6.45) is 4.20. The van der Waals surface area contributed by atoms with Crippen LogP contribution in [0.15, 0.2) is 58.1 Å². The molecule has 1 fully saturated rings. The molecule has 1 aliphatic heterocycles. The Bertz CT molecular complexity index is 703. The number of ether oxygens (including phenoxy) is 1. The highest BCUT2D eigenvalue weighted by Crippen LogP contribution is 2.25. The van der Waals surface area contributed by atoms with Gasteiger partial charge in [0.15, 0.2) is 5.96 Å². The number of nitrogens with zero attached hydrogens (tertiary/aromatic N) is 2. The summed E-state index contributed by atoms with van der Waals surface area (Å²) in [7, 11) is 1.74. The topological polar surface area (TPSA) is 62.0 Å². The number of guanidine groups is 1. The highest BCUT2D eigenvalue weighted by atomic mass is 127. The fraction of sp³-hybridized carbons (Fsp3) is 0.500. The van der Waals surface area contributed by atoms with Crippen molar-refractivity contribution < 1.29 is 9.15 Å². The fourth-order valence-electron chi connectivity index (χ4n) is 3.63. The van der Waals surface area contributed by atoms with Gasteiger partial charge in [0.05, 0.1) is 25.0 Å². The van der Waals surface area contributed by atoms with Crippen molar-refractivity contribution >= 4 is 29.9 Å². The third-order valence-electron chi connectivity index (χ3n) is 5.13.